The fourth-order valence-corrected chi connectivity index (χ4v) is 21.5. The molecule has 16 N–H and O–H groups in total. The van der Waals surface area contributed by atoms with Crippen LogP contribution in [0.15, 0.2) is 77.9 Å². The first kappa shape index (κ1) is 101. The van der Waals surface area contributed by atoms with Crippen molar-refractivity contribution in [2.75, 3.05) is 77.1 Å². The van der Waals surface area contributed by atoms with Crippen LogP contribution in [0.2, 0.25) is 36.3 Å². The number of hydrogen-bond donors (Lipinski definition) is 11. The van der Waals surface area contributed by atoms with Crippen LogP contribution in [-0.2, 0) is 84.4 Å². The highest BCUT2D eigenvalue weighted by molar-refractivity contribution is 7.52. The summed E-state index contributed by atoms with van der Waals surface area (Å²) in [6, 6.07) is 6.51. The van der Waals surface area contributed by atoms with E-state index >= 15 is 9.13 Å². The van der Waals surface area contributed by atoms with Crippen molar-refractivity contribution in [3.8, 4) is 6.07 Å². The summed E-state index contributed by atoms with van der Waals surface area (Å²) in [5, 5.41) is 20.3. The van der Waals surface area contributed by atoms with E-state index in [1.54, 1.807) is 62.6 Å². The fourth-order valence-electron chi connectivity index (χ4n) is 14.3. The first-order valence-corrected chi connectivity index (χ1v) is 52.6. The summed E-state index contributed by atoms with van der Waals surface area (Å²) >= 11 is 0. The number of Topliss-reactive ketones (excluding diaryl/α,β-unsaturated/α-hetero) is 1. The number of carbonyl (C=O) groups excluding carboxylic acids is 2. The molecule has 5 fully saturated rings. The van der Waals surface area contributed by atoms with Crippen LogP contribution in [0.5, 0.6) is 0 Å². The molecule has 129 heavy (non-hydrogen) atoms. The Morgan fingerprint density at radius 3 is 1.81 bits per heavy atom. The van der Waals surface area contributed by atoms with Crippen molar-refractivity contribution in [1.29, 1.82) is 5.26 Å². The maximum Gasteiger partial charge on any atom is 0.488 e. The van der Waals surface area contributed by atoms with Crippen molar-refractivity contribution in [2.24, 2.45) is 35.0 Å². The normalized spacial score (nSPS) is 27.4. The Morgan fingerprint density at radius 2 is 1.22 bits per heavy atom. The van der Waals surface area contributed by atoms with Gasteiger partial charge in [0.05, 0.1) is 94.9 Å². The van der Waals surface area contributed by atoms with Crippen molar-refractivity contribution >= 4 is 122 Å². The van der Waals surface area contributed by atoms with E-state index < -0.39 is 189 Å². The second-order valence-corrected chi connectivity index (χ2v) is 49.2. The highest BCUT2D eigenvalue weighted by Gasteiger charge is 2.58. The molecule has 0 saturated carbocycles. The predicted octanol–water partition coefficient (Wildman–Crippen LogP) is 4.75. The summed E-state index contributed by atoms with van der Waals surface area (Å²) < 4.78 is 137. The van der Waals surface area contributed by atoms with Crippen molar-refractivity contribution in [3.63, 3.8) is 0 Å². The molecule has 8 aromatic heterocycles. The van der Waals surface area contributed by atoms with Crippen LogP contribution in [0.1, 0.15) is 117 Å². The van der Waals surface area contributed by atoms with Crippen LogP contribution in [0.3, 0.4) is 0 Å². The minimum Gasteiger partial charge on any atom is -0.766 e. The van der Waals surface area contributed by atoms with Crippen LogP contribution in [0.25, 0.3) is 49.5 Å². The molecule has 1 amide bonds. The van der Waals surface area contributed by atoms with E-state index in [2.05, 4.69) is 96.7 Å². The van der Waals surface area contributed by atoms with E-state index in [1.807, 2.05) is 73.8 Å². The van der Waals surface area contributed by atoms with E-state index in [-0.39, 0.29) is 122 Å². The topological polar surface area (TPSA) is 680 Å². The van der Waals surface area contributed by atoms with Gasteiger partial charge in [0.2, 0.25) is 20.2 Å². The summed E-state index contributed by atoms with van der Waals surface area (Å²) in [5.74, 6) is -1.73. The summed E-state index contributed by atoms with van der Waals surface area (Å²) in [6.07, 6.45) is -2.68. The molecule has 20 atom stereocenters. The summed E-state index contributed by atoms with van der Waals surface area (Å²) in [6.45, 7) is 31.8. The SMILES string of the molecule is CN.CN.C[C@@H]1[C@H](N)[C@@H](COP(=O)([O-])N[C@H]2[C@@H](O[Si](C)(C)C(C)(C)C)[C@H](n3cnc4c(N)ncnc43)O[C@@H]2CO[P+](=O)[O-])O[C@H]1n1cnc2c(=O)[nH]c(N)nc21.[C-]#[N+]CCOP1(=O)N[C@H]2[C@@H](C)[C@H](n3cnc4c(=O)[nH]c(CC(=O)C(C)C)nc43)O[C@@H]2COP(=O)(OCCC#N)N[C@H]2[C@@H](O[Si](C)(C)C(C)(C)C)[C@H](n3cnc4c(NC(=O)c5ccccc5)ncnc43)O[C@@H]2CO1. The molecule has 5 aliphatic heterocycles. The van der Waals surface area contributed by atoms with E-state index in [9.17, 15) is 43.4 Å². The zero-order chi connectivity index (χ0) is 94.4. The van der Waals surface area contributed by atoms with Crippen molar-refractivity contribution in [2.45, 2.75) is 204 Å². The monoisotopic (exact) mass is 1910 g/mol. The number of rotatable bonds is 27. The number of amides is 1. The van der Waals surface area contributed by atoms with Gasteiger partial charge in [-0.25, -0.2) is 75.8 Å². The lowest BCUT2D eigenvalue weighted by atomic mass is 10.00. The van der Waals surface area contributed by atoms with Gasteiger partial charge in [-0.05, 0) is 67.1 Å². The number of hydrogen-bond acceptors (Lipinski definition) is 38. The van der Waals surface area contributed by atoms with E-state index in [1.165, 1.54) is 65.8 Å². The molecule has 49 nitrogen and oxygen atoms in total. The number of carbonyl (C=O) groups is 2. The van der Waals surface area contributed by atoms with E-state index in [0.29, 0.717) is 5.56 Å². The van der Waals surface area contributed by atoms with Crippen LogP contribution >= 0.6 is 31.5 Å². The number of ether oxygens (including phenoxy) is 4. The third-order valence-electron chi connectivity index (χ3n) is 23.2. The Morgan fingerprint density at radius 1 is 0.705 bits per heavy atom. The Bertz CT molecular complexity index is 5840. The number of ketones is 1. The number of nitrogen functional groups attached to an aromatic ring is 2. The highest BCUT2D eigenvalue weighted by Crippen LogP contribution is 2.55. The average molecular weight is 1910 g/mol. The van der Waals surface area contributed by atoms with Gasteiger partial charge in [0, 0.05) is 29.4 Å². The number of aromatic nitrogens is 16. The van der Waals surface area contributed by atoms with Gasteiger partial charge in [-0.1, -0.05) is 87.4 Å². The minimum atomic E-state index is -5.01. The number of H-pyrrole nitrogens is 2. The molecule has 13 heterocycles. The average Bonchev–Trinajstić information content (AvgIpc) is 1.60. The number of nitrogens with two attached hydrogens (primary N) is 5. The molecule has 55 heteroatoms. The fraction of sp³-hybridized carbons (Fsp3) is 0.595. The number of nitrogens with zero attached hydrogens (tertiary/aromatic N) is 16. The number of imidazole rings is 4. The van der Waals surface area contributed by atoms with Crippen molar-refractivity contribution < 1.29 is 92.6 Å². The van der Waals surface area contributed by atoms with Crippen molar-refractivity contribution in [3.05, 3.63) is 112 Å². The lowest BCUT2D eigenvalue weighted by Crippen LogP contribution is -2.53. The maximum atomic E-state index is 15.4. The number of nitriles is 1. The largest absolute Gasteiger partial charge is 0.766 e. The number of benzene rings is 1. The molecule has 0 bridgehead atoms. The van der Waals surface area contributed by atoms with Crippen LogP contribution < -0.4 is 70.2 Å². The molecule has 1 aromatic carbocycles. The summed E-state index contributed by atoms with van der Waals surface area (Å²) in [7, 11) is -19.9. The molecule has 9 aromatic rings. The Hall–Kier alpha value is -8.84. The van der Waals surface area contributed by atoms with Gasteiger partial charge in [0.1, 0.15) is 86.0 Å². The quantitative estimate of drug-likeness (QED) is 0.0143. The van der Waals surface area contributed by atoms with E-state index in [0.717, 1.165) is 0 Å². The number of nitrogens with one attached hydrogen (secondary N) is 6. The molecule has 0 spiro atoms. The van der Waals surface area contributed by atoms with Crippen LogP contribution in [0, 0.1) is 35.7 Å². The van der Waals surface area contributed by atoms with Crippen molar-refractivity contribution in [1.82, 2.24) is 93.3 Å². The van der Waals surface area contributed by atoms with Gasteiger partial charge < -0.3 is 85.9 Å². The van der Waals surface area contributed by atoms with Gasteiger partial charge in [0.25, 0.3) is 17.0 Å². The third-order valence-corrected chi connectivity index (χ3v) is 36.8. The zero-order valence-corrected chi connectivity index (χ0v) is 79.4. The van der Waals surface area contributed by atoms with Crippen LogP contribution in [0.4, 0.5) is 17.6 Å². The molecule has 702 valence electrons. The van der Waals surface area contributed by atoms with Gasteiger partial charge in [-0.15, -0.1) is 4.52 Å². The summed E-state index contributed by atoms with van der Waals surface area (Å²) in [4.78, 5) is 128. The summed E-state index contributed by atoms with van der Waals surface area (Å²) in [5.41, 5.74) is 27.8. The maximum absolute atomic E-state index is 15.4. The molecule has 0 aliphatic carbocycles. The van der Waals surface area contributed by atoms with Gasteiger partial charge in [0.15, 0.2) is 79.9 Å². The smallest absolute Gasteiger partial charge is 0.488 e. The molecule has 4 unspecified atom stereocenters. The Kier molecular flexibility index (Phi) is 32.4. The first-order chi connectivity index (χ1) is 60.9. The van der Waals surface area contributed by atoms with Crippen LogP contribution in [-0.4, -0.2) is 227 Å². The first-order valence-electron chi connectivity index (χ1n) is 41.0. The number of fused-ring (bicyclic) bond motifs is 6. The standard InChI is InChI=1S/C45H59N13O12P2Si.C27H42N12O10P2Si.2CH5N/c1-26(2)29(59)20-32-52-40-36(42(61)53-32)51-25-58(40)43-27(3)33-30(68-43)21-66-72(63,64-18-13-16-46)56-34-31(22-67-71(62,55-33)65-19-17-47-7)69-44(37(34)70-73(8,9)45(4,5)6)57-24-50-35-38(48-23-49-39(35)57)54-41(60)28-14-11-10-12-15-28;1-12-15(28)13(47-24(12)39-11-34-18-22(39)35-26(30)36-23(18)40)8-46-51(43,44)37-16-14(7-45-50(41)42)48-25(19(16)49-52(5,6)27(2,3)4)38-10-33-17-20(29)31-9-32-21(17)38;2*1-2/h10-12,14-15,23-27,30-31,33-34,37,43-44H,13,17-22H2,1-6,8-9H3,(H,55,62)(H,56,63)(H,52,53,61)(H,48,49,54,60);9-16,19,24-25H,7-8,28H2,1-6H3,(H2,29,31,32)(H2,37,43,44)(H3,30,35,36,40);2*2H2,1H3/p-1/t27-,30-,31-,33+,34-,37-,43-,44-,71?,72?;12-,13-,14-,15+,16-,19-,24-,25-;;/m11../s1. The molecule has 5 aliphatic rings. The Balaban J connectivity index is 0.000000253. The minimum absolute atomic E-state index is 0.0200. The van der Waals surface area contributed by atoms with E-state index in [4.69, 9.17) is 78.7 Å². The molecular formula is C74H110N27O22P4Si2-. The van der Waals surface area contributed by atoms with Gasteiger partial charge in [-0.3, -0.25) is 65.1 Å². The predicted molar refractivity (Wildman–Crippen MR) is 469 cm³/mol. The van der Waals surface area contributed by atoms with Gasteiger partial charge >= 0.3 is 23.7 Å². The molecule has 0 radical (unpaired) electrons. The lowest BCUT2D eigenvalue weighted by Gasteiger charge is -2.41. The molecular weight excluding hydrogens is 1800 g/mol. The molecule has 14 rings (SSSR count). The second-order valence-electron chi connectivity index (χ2n) is 33.9. The third kappa shape index (κ3) is 22.6. The molecule has 5 saturated heterocycles. The van der Waals surface area contributed by atoms with Gasteiger partial charge in [-0.2, -0.15) is 10.2 Å². The number of aromatic amines is 2. The Labute approximate surface area is 743 Å². The zero-order valence-electron chi connectivity index (χ0n) is 73.8. The second kappa shape index (κ2) is 41.5. The number of anilines is 3. The highest BCUT2D eigenvalue weighted by atomic mass is 31.2. The lowest BCUT2D eigenvalue weighted by molar-refractivity contribution is -0.206.